The van der Waals surface area contributed by atoms with Gasteiger partial charge in [-0.1, -0.05) is 18.2 Å². The van der Waals surface area contributed by atoms with Gasteiger partial charge in [0, 0.05) is 48.6 Å². The molecule has 0 aliphatic heterocycles. The van der Waals surface area contributed by atoms with E-state index in [1.807, 2.05) is 6.07 Å². The normalized spacial score (nSPS) is 10.8. The molecule has 0 aliphatic carbocycles. The van der Waals surface area contributed by atoms with Gasteiger partial charge in [-0.15, -0.1) is 0 Å². The Balaban J connectivity index is 1.57. The SMILES string of the molecule is Cn1cc(CCCC(=O)Nc2ccncc2)c2ccccc21. The van der Waals surface area contributed by atoms with Crippen LogP contribution in [0.5, 0.6) is 0 Å². The van der Waals surface area contributed by atoms with Gasteiger partial charge in [-0.3, -0.25) is 9.78 Å². The van der Waals surface area contributed by atoms with Gasteiger partial charge < -0.3 is 9.88 Å². The van der Waals surface area contributed by atoms with Crippen LogP contribution in [-0.2, 0) is 18.3 Å². The van der Waals surface area contributed by atoms with Crippen LogP contribution in [0.2, 0.25) is 0 Å². The Labute approximate surface area is 129 Å². The maximum Gasteiger partial charge on any atom is 0.224 e. The number of aryl methyl sites for hydroxylation is 2. The van der Waals surface area contributed by atoms with E-state index in [0.717, 1.165) is 18.5 Å². The summed E-state index contributed by atoms with van der Waals surface area (Å²) in [5, 5.41) is 4.16. The van der Waals surface area contributed by atoms with Gasteiger partial charge in [-0.25, -0.2) is 0 Å². The smallest absolute Gasteiger partial charge is 0.224 e. The van der Waals surface area contributed by atoms with Crippen LogP contribution in [-0.4, -0.2) is 15.5 Å². The number of anilines is 1. The molecule has 3 rings (SSSR count). The fourth-order valence-corrected chi connectivity index (χ4v) is 2.72. The average molecular weight is 293 g/mol. The third kappa shape index (κ3) is 3.17. The lowest BCUT2D eigenvalue weighted by Gasteiger charge is -2.04. The van der Waals surface area contributed by atoms with Gasteiger partial charge in [0.25, 0.3) is 0 Å². The highest BCUT2D eigenvalue weighted by Gasteiger charge is 2.07. The first-order chi connectivity index (χ1) is 10.7. The van der Waals surface area contributed by atoms with E-state index in [2.05, 4.69) is 46.3 Å². The molecule has 0 saturated heterocycles. The molecule has 0 bridgehead atoms. The second-order valence-electron chi connectivity index (χ2n) is 5.42. The largest absolute Gasteiger partial charge is 0.350 e. The molecule has 4 heteroatoms. The maximum atomic E-state index is 11.9. The number of nitrogens with zero attached hydrogens (tertiary/aromatic N) is 2. The molecule has 1 aromatic carbocycles. The van der Waals surface area contributed by atoms with E-state index in [9.17, 15) is 4.79 Å². The number of amides is 1. The van der Waals surface area contributed by atoms with Crippen LogP contribution in [0.4, 0.5) is 5.69 Å². The Morgan fingerprint density at radius 2 is 1.95 bits per heavy atom. The molecule has 0 aliphatic rings. The number of hydrogen-bond donors (Lipinski definition) is 1. The standard InChI is InChI=1S/C18H19N3O/c1-21-13-14(16-6-2-3-7-17(16)21)5-4-8-18(22)20-15-9-11-19-12-10-15/h2-3,6-7,9-13H,4-5,8H2,1H3,(H,19,20,22). The van der Waals surface area contributed by atoms with Crippen molar-refractivity contribution >= 4 is 22.5 Å². The number of carbonyl (C=O) groups excluding carboxylic acids is 1. The van der Waals surface area contributed by atoms with Crippen molar-refractivity contribution in [3.05, 3.63) is 60.6 Å². The minimum Gasteiger partial charge on any atom is -0.350 e. The Hall–Kier alpha value is -2.62. The molecule has 1 N–H and O–H groups in total. The topological polar surface area (TPSA) is 46.9 Å². The lowest BCUT2D eigenvalue weighted by atomic mass is 10.1. The first-order valence-electron chi connectivity index (χ1n) is 7.47. The number of pyridine rings is 1. The highest BCUT2D eigenvalue weighted by molar-refractivity contribution is 5.90. The molecule has 0 saturated carbocycles. The van der Waals surface area contributed by atoms with Crippen LogP contribution < -0.4 is 5.32 Å². The Morgan fingerprint density at radius 3 is 2.77 bits per heavy atom. The van der Waals surface area contributed by atoms with E-state index in [-0.39, 0.29) is 5.91 Å². The number of carbonyl (C=O) groups is 1. The van der Waals surface area contributed by atoms with Gasteiger partial charge in [0.1, 0.15) is 0 Å². The van der Waals surface area contributed by atoms with Crippen LogP contribution in [0.15, 0.2) is 55.0 Å². The predicted octanol–water partition coefficient (Wildman–Crippen LogP) is 3.53. The zero-order chi connectivity index (χ0) is 15.4. The summed E-state index contributed by atoms with van der Waals surface area (Å²) < 4.78 is 2.14. The van der Waals surface area contributed by atoms with Crippen molar-refractivity contribution in [2.45, 2.75) is 19.3 Å². The van der Waals surface area contributed by atoms with Crippen LogP contribution in [0.3, 0.4) is 0 Å². The minimum atomic E-state index is 0.0476. The van der Waals surface area contributed by atoms with E-state index in [4.69, 9.17) is 0 Å². The molecule has 4 nitrogen and oxygen atoms in total. The van der Waals surface area contributed by atoms with Gasteiger partial charge in [-0.2, -0.15) is 0 Å². The highest BCUT2D eigenvalue weighted by Crippen LogP contribution is 2.21. The van der Waals surface area contributed by atoms with E-state index >= 15 is 0 Å². The maximum absolute atomic E-state index is 11.9. The molecule has 3 aromatic rings. The number of hydrogen-bond acceptors (Lipinski definition) is 2. The molecule has 1 amide bonds. The molecule has 2 heterocycles. The number of nitrogens with one attached hydrogen (secondary N) is 1. The summed E-state index contributed by atoms with van der Waals surface area (Å²) in [7, 11) is 2.06. The van der Waals surface area contributed by atoms with Gasteiger partial charge in [0.05, 0.1) is 0 Å². The van der Waals surface area contributed by atoms with Crippen molar-refractivity contribution in [2.75, 3.05) is 5.32 Å². The molecule has 0 spiro atoms. The number of fused-ring (bicyclic) bond motifs is 1. The minimum absolute atomic E-state index is 0.0476. The van der Waals surface area contributed by atoms with Gasteiger partial charge in [0.15, 0.2) is 0 Å². The van der Waals surface area contributed by atoms with E-state index in [1.165, 1.54) is 16.5 Å². The zero-order valence-electron chi connectivity index (χ0n) is 12.6. The highest BCUT2D eigenvalue weighted by atomic mass is 16.1. The van der Waals surface area contributed by atoms with Gasteiger partial charge in [0.2, 0.25) is 5.91 Å². The third-order valence-electron chi connectivity index (χ3n) is 3.79. The fraction of sp³-hybridized carbons (Fsp3) is 0.222. The molecule has 22 heavy (non-hydrogen) atoms. The van der Waals surface area contributed by atoms with E-state index in [1.54, 1.807) is 24.5 Å². The molecule has 0 atom stereocenters. The van der Waals surface area contributed by atoms with Crippen LogP contribution in [0, 0.1) is 0 Å². The van der Waals surface area contributed by atoms with Crippen molar-refractivity contribution in [2.24, 2.45) is 7.05 Å². The van der Waals surface area contributed by atoms with E-state index in [0.29, 0.717) is 6.42 Å². The summed E-state index contributed by atoms with van der Waals surface area (Å²) in [5.41, 5.74) is 3.33. The quantitative estimate of drug-likeness (QED) is 0.782. The summed E-state index contributed by atoms with van der Waals surface area (Å²) in [4.78, 5) is 15.9. The number of aromatic nitrogens is 2. The third-order valence-corrected chi connectivity index (χ3v) is 3.79. The number of rotatable bonds is 5. The summed E-state index contributed by atoms with van der Waals surface area (Å²) in [6.45, 7) is 0. The summed E-state index contributed by atoms with van der Waals surface area (Å²) in [6, 6.07) is 12.0. The van der Waals surface area contributed by atoms with Crippen LogP contribution in [0.25, 0.3) is 10.9 Å². The number of benzene rings is 1. The number of para-hydroxylation sites is 1. The molecular weight excluding hydrogens is 274 g/mol. The van der Waals surface area contributed by atoms with Crippen molar-refractivity contribution in [3.63, 3.8) is 0 Å². The Kier molecular flexibility index (Phi) is 4.19. The average Bonchev–Trinajstić information content (AvgIpc) is 2.85. The predicted molar refractivity (Wildman–Crippen MR) is 88.7 cm³/mol. The van der Waals surface area contributed by atoms with Crippen molar-refractivity contribution in [1.29, 1.82) is 0 Å². The van der Waals surface area contributed by atoms with Crippen molar-refractivity contribution < 1.29 is 4.79 Å². The fourth-order valence-electron chi connectivity index (χ4n) is 2.72. The Bertz CT molecular complexity index is 777. The lowest BCUT2D eigenvalue weighted by molar-refractivity contribution is -0.116. The molecule has 0 radical (unpaired) electrons. The summed E-state index contributed by atoms with van der Waals surface area (Å²) in [6.07, 6.45) is 7.77. The monoisotopic (exact) mass is 293 g/mol. The molecule has 2 aromatic heterocycles. The van der Waals surface area contributed by atoms with Crippen LogP contribution >= 0.6 is 0 Å². The lowest BCUT2D eigenvalue weighted by Crippen LogP contribution is -2.11. The molecule has 112 valence electrons. The Morgan fingerprint density at radius 1 is 1.18 bits per heavy atom. The first-order valence-corrected chi connectivity index (χ1v) is 7.47. The van der Waals surface area contributed by atoms with Gasteiger partial charge in [-0.05, 0) is 36.6 Å². The summed E-state index contributed by atoms with van der Waals surface area (Å²) >= 11 is 0. The molecule has 0 unspecified atom stereocenters. The van der Waals surface area contributed by atoms with E-state index < -0.39 is 0 Å². The molecular formula is C18H19N3O. The van der Waals surface area contributed by atoms with Crippen LogP contribution in [0.1, 0.15) is 18.4 Å². The first kappa shape index (κ1) is 14.3. The molecule has 0 fully saturated rings. The second kappa shape index (κ2) is 6.43. The van der Waals surface area contributed by atoms with Gasteiger partial charge >= 0.3 is 0 Å². The van der Waals surface area contributed by atoms with Crippen molar-refractivity contribution in [1.82, 2.24) is 9.55 Å². The zero-order valence-corrected chi connectivity index (χ0v) is 12.6. The van der Waals surface area contributed by atoms with Crippen molar-refractivity contribution in [3.8, 4) is 0 Å². The second-order valence-corrected chi connectivity index (χ2v) is 5.42. The summed E-state index contributed by atoms with van der Waals surface area (Å²) in [5.74, 6) is 0.0476.